The monoisotopic (exact) mass is 419 g/mol. The Morgan fingerprint density at radius 1 is 1.07 bits per heavy atom. The number of carbonyl (C=O) groups excluding carboxylic acids is 1. The zero-order valence-corrected chi connectivity index (χ0v) is 16.9. The van der Waals surface area contributed by atoms with E-state index >= 15 is 0 Å². The smallest absolute Gasteiger partial charge is 0.274 e. The molecule has 150 valence electrons. The standard InChI is InChI=1S/C22H18ClN5O2/c1-30-19-5-3-2-4-18(19)28-21(16-10-12-24-13-11-16)20(26-27-28)22(29)25-14-15-6-8-17(23)9-7-15/h2-13H,14H2,1H3,(H,25,29). The van der Waals surface area contributed by atoms with Crippen LogP contribution in [0.2, 0.25) is 5.02 Å². The van der Waals surface area contributed by atoms with Gasteiger partial charge in [0.2, 0.25) is 0 Å². The van der Waals surface area contributed by atoms with Crippen molar-refractivity contribution in [2.75, 3.05) is 7.11 Å². The fraction of sp³-hybridized carbons (Fsp3) is 0.0909. The van der Waals surface area contributed by atoms with Crippen molar-refractivity contribution in [3.8, 4) is 22.7 Å². The Hall–Kier alpha value is -3.71. The Morgan fingerprint density at radius 3 is 2.53 bits per heavy atom. The number of pyridine rings is 1. The summed E-state index contributed by atoms with van der Waals surface area (Å²) in [5, 5.41) is 12.0. The highest BCUT2D eigenvalue weighted by Gasteiger charge is 2.23. The number of ether oxygens (including phenoxy) is 1. The van der Waals surface area contributed by atoms with Crippen molar-refractivity contribution in [2.45, 2.75) is 6.54 Å². The molecule has 2 heterocycles. The molecule has 4 rings (SSSR count). The van der Waals surface area contributed by atoms with Crippen molar-refractivity contribution in [3.05, 3.63) is 89.3 Å². The summed E-state index contributed by atoms with van der Waals surface area (Å²) in [7, 11) is 1.58. The van der Waals surface area contributed by atoms with Crippen molar-refractivity contribution in [1.29, 1.82) is 0 Å². The third kappa shape index (κ3) is 4.01. The molecule has 0 saturated carbocycles. The van der Waals surface area contributed by atoms with Gasteiger partial charge in [-0.15, -0.1) is 5.10 Å². The summed E-state index contributed by atoms with van der Waals surface area (Å²) >= 11 is 5.92. The molecule has 7 nitrogen and oxygen atoms in total. The minimum absolute atomic E-state index is 0.209. The summed E-state index contributed by atoms with van der Waals surface area (Å²) in [4.78, 5) is 17.0. The predicted molar refractivity (Wildman–Crippen MR) is 114 cm³/mol. The fourth-order valence-corrected chi connectivity index (χ4v) is 3.17. The molecule has 0 spiro atoms. The number of nitrogens with one attached hydrogen (secondary N) is 1. The minimum atomic E-state index is -0.335. The number of amides is 1. The lowest BCUT2D eigenvalue weighted by Gasteiger charge is -2.11. The highest BCUT2D eigenvalue weighted by Crippen LogP contribution is 2.29. The third-order valence-corrected chi connectivity index (χ3v) is 4.77. The van der Waals surface area contributed by atoms with Crippen LogP contribution in [0.5, 0.6) is 5.75 Å². The molecule has 1 N–H and O–H groups in total. The Balaban J connectivity index is 1.72. The molecule has 0 unspecified atom stereocenters. The highest BCUT2D eigenvalue weighted by atomic mass is 35.5. The molecule has 0 aliphatic heterocycles. The SMILES string of the molecule is COc1ccccc1-n1nnc(C(=O)NCc2ccc(Cl)cc2)c1-c1ccncc1. The van der Waals surface area contributed by atoms with E-state index in [1.54, 1.807) is 48.5 Å². The molecule has 30 heavy (non-hydrogen) atoms. The number of hydrogen-bond acceptors (Lipinski definition) is 5. The second-order valence-corrected chi connectivity index (χ2v) is 6.85. The summed E-state index contributed by atoms with van der Waals surface area (Å²) in [6.07, 6.45) is 3.31. The number of halogens is 1. The fourth-order valence-electron chi connectivity index (χ4n) is 3.05. The van der Waals surface area contributed by atoms with Crippen LogP contribution >= 0.6 is 11.6 Å². The van der Waals surface area contributed by atoms with Crippen LogP contribution in [-0.2, 0) is 6.54 Å². The van der Waals surface area contributed by atoms with Gasteiger partial charge in [-0.3, -0.25) is 9.78 Å². The van der Waals surface area contributed by atoms with Gasteiger partial charge in [0.25, 0.3) is 5.91 Å². The van der Waals surface area contributed by atoms with Gasteiger partial charge >= 0.3 is 0 Å². The van der Waals surface area contributed by atoms with Crippen LogP contribution in [0.25, 0.3) is 16.9 Å². The number of nitrogens with zero attached hydrogens (tertiary/aromatic N) is 4. The molecule has 0 radical (unpaired) electrons. The summed E-state index contributed by atoms with van der Waals surface area (Å²) in [6.45, 7) is 0.341. The number of carbonyl (C=O) groups is 1. The van der Waals surface area contributed by atoms with Gasteiger partial charge in [0.1, 0.15) is 17.1 Å². The van der Waals surface area contributed by atoms with Gasteiger partial charge in [-0.05, 0) is 42.0 Å². The van der Waals surface area contributed by atoms with Crippen molar-refractivity contribution in [3.63, 3.8) is 0 Å². The maximum absolute atomic E-state index is 13.0. The minimum Gasteiger partial charge on any atom is -0.494 e. The van der Waals surface area contributed by atoms with Gasteiger partial charge in [0, 0.05) is 29.5 Å². The molecule has 0 atom stereocenters. The van der Waals surface area contributed by atoms with Crippen LogP contribution in [0.4, 0.5) is 0 Å². The maximum Gasteiger partial charge on any atom is 0.274 e. The Kier molecular flexibility index (Phi) is 5.72. The summed E-state index contributed by atoms with van der Waals surface area (Å²) < 4.78 is 7.07. The zero-order valence-electron chi connectivity index (χ0n) is 16.1. The Morgan fingerprint density at radius 2 is 1.80 bits per heavy atom. The van der Waals surface area contributed by atoms with Gasteiger partial charge in [0.15, 0.2) is 5.69 Å². The number of rotatable bonds is 6. The average molecular weight is 420 g/mol. The molecule has 1 amide bonds. The lowest BCUT2D eigenvalue weighted by atomic mass is 10.1. The van der Waals surface area contributed by atoms with E-state index < -0.39 is 0 Å². The molecule has 0 fully saturated rings. The first-order valence-electron chi connectivity index (χ1n) is 9.19. The molecule has 0 aliphatic carbocycles. The van der Waals surface area contributed by atoms with Gasteiger partial charge in [-0.2, -0.15) is 0 Å². The highest BCUT2D eigenvalue weighted by molar-refractivity contribution is 6.30. The predicted octanol–water partition coefficient (Wildman–Crippen LogP) is 3.92. The lowest BCUT2D eigenvalue weighted by Crippen LogP contribution is -2.24. The molecular formula is C22H18ClN5O2. The van der Waals surface area contributed by atoms with Crippen molar-refractivity contribution >= 4 is 17.5 Å². The van der Waals surface area contributed by atoms with Gasteiger partial charge < -0.3 is 10.1 Å². The number of hydrogen-bond donors (Lipinski definition) is 1. The van der Waals surface area contributed by atoms with Crippen LogP contribution in [0.3, 0.4) is 0 Å². The molecule has 0 saturated heterocycles. The summed E-state index contributed by atoms with van der Waals surface area (Å²) in [5.41, 5.74) is 3.13. The van der Waals surface area contributed by atoms with E-state index in [-0.39, 0.29) is 11.6 Å². The van der Waals surface area contributed by atoms with E-state index in [1.165, 1.54) is 0 Å². The second kappa shape index (κ2) is 8.75. The molecular weight excluding hydrogens is 402 g/mol. The second-order valence-electron chi connectivity index (χ2n) is 6.42. The van der Waals surface area contributed by atoms with E-state index in [1.807, 2.05) is 36.4 Å². The lowest BCUT2D eigenvalue weighted by molar-refractivity contribution is 0.0946. The number of methoxy groups -OCH3 is 1. The zero-order chi connectivity index (χ0) is 20.9. The number of benzene rings is 2. The van der Waals surface area contributed by atoms with E-state index in [0.717, 1.165) is 11.1 Å². The quantitative estimate of drug-likeness (QED) is 0.512. The summed E-state index contributed by atoms with van der Waals surface area (Å²) in [6, 6.07) is 18.3. The van der Waals surface area contributed by atoms with Crippen molar-refractivity contribution in [2.24, 2.45) is 0 Å². The van der Waals surface area contributed by atoms with Gasteiger partial charge in [0.05, 0.1) is 7.11 Å². The normalized spacial score (nSPS) is 10.6. The Bertz CT molecular complexity index is 1160. The molecule has 2 aromatic heterocycles. The van der Waals surface area contributed by atoms with Crippen LogP contribution < -0.4 is 10.1 Å². The maximum atomic E-state index is 13.0. The van der Waals surface area contributed by atoms with Crippen LogP contribution in [0.15, 0.2) is 73.1 Å². The van der Waals surface area contributed by atoms with E-state index in [2.05, 4.69) is 20.6 Å². The van der Waals surface area contributed by atoms with Crippen molar-refractivity contribution in [1.82, 2.24) is 25.3 Å². The van der Waals surface area contributed by atoms with Crippen molar-refractivity contribution < 1.29 is 9.53 Å². The van der Waals surface area contributed by atoms with E-state index in [0.29, 0.717) is 28.7 Å². The number of aromatic nitrogens is 4. The third-order valence-electron chi connectivity index (χ3n) is 4.52. The molecule has 0 aliphatic rings. The molecule has 2 aromatic carbocycles. The number of para-hydroxylation sites is 2. The van der Waals surface area contributed by atoms with Gasteiger partial charge in [-0.25, -0.2) is 4.68 Å². The average Bonchev–Trinajstić information content (AvgIpc) is 3.24. The van der Waals surface area contributed by atoms with E-state index in [9.17, 15) is 4.79 Å². The van der Waals surface area contributed by atoms with Crippen LogP contribution in [0.1, 0.15) is 16.1 Å². The molecule has 0 bridgehead atoms. The molecule has 8 heteroatoms. The molecule has 4 aromatic rings. The first-order valence-corrected chi connectivity index (χ1v) is 9.57. The van der Waals surface area contributed by atoms with Crippen LogP contribution in [-0.4, -0.2) is 33.0 Å². The largest absolute Gasteiger partial charge is 0.494 e. The topological polar surface area (TPSA) is 81.9 Å². The Labute approximate surface area is 178 Å². The van der Waals surface area contributed by atoms with Crippen LogP contribution in [0, 0.1) is 0 Å². The van der Waals surface area contributed by atoms with Gasteiger partial charge in [-0.1, -0.05) is 41.1 Å². The van der Waals surface area contributed by atoms with E-state index in [4.69, 9.17) is 16.3 Å². The summed E-state index contributed by atoms with van der Waals surface area (Å²) in [5.74, 6) is 0.281. The first kappa shape index (κ1) is 19.6. The first-order chi connectivity index (χ1) is 14.7.